The molecule has 2 fully saturated rings. The standard InChI is InChI=1S/C15H29NO/c1-3-16-14(12-13-8-9-13)15(17-4-2)10-6-5-7-11-15/h13-14,16H,3-12H2,1-2H3. The normalized spacial score (nSPS) is 25.8. The maximum atomic E-state index is 6.25. The molecule has 2 nitrogen and oxygen atoms in total. The van der Waals surface area contributed by atoms with Gasteiger partial charge in [-0.05, 0) is 38.6 Å². The van der Waals surface area contributed by atoms with Gasteiger partial charge in [0.25, 0.3) is 0 Å². The van der Waals surface area contributed by atoms with Gasteiger partial charge in [0.15, 0.2) is 0 Å². The lowest BCUT2D eigenvalue weighted by atomic mass is 9.77. The van der Waals surface area contributed by atoms with Crippen LogP contribution >= 0.6 is 0 Å². The molecule has 0 aromatic heterocycles. The van der Waals surface area contributed by atoms with E-state index >= 15 is 0 Å². The predicted octanol–water partition coefficient (Wildman–Crippen LogP) is 3.50. The van der Waals surface area contributed by atoms with Gasteiger partial charge in [0, 0.05) is 12.6 Å². The molecule has 2 saturated carbocycles. The van der Waals surface area contributed by atoms with E-state index in [4.69, 9.17) is 4.74 Å². The lowest BCUT2D eigenvalue weighted by Crippen LogP contribution is -2.54. The van der Waals surface area contributed by atoms with Crippen LogP contribution in [-0.4, -0.2) is 24.8 Å². The zero-order valence-electron chi connectivity index (χ0n) is 11.6. The highest BCUT2D eigenvalue weighted by molar-refractivity contribution is 4.98. The minimum absolute atomic E-state index is 0.158. The zero-order valence-corrected chi connectivity index (χ0v) is 11.6. The summed E-state index contributed by atoms with van der Waals surface area (Å²) in [5.41, 5.74) is 0.158. The van der Waals surface area contributed by atoms with Crippen LogP contribution < -0.4 is 5.32 Å². The van der Waals surface area contributed by atoms with E-state index in [0.717, 1.165) is 19.1 Å². The SMILES string of the molecule is CCNC(CC1CC1)C1(OCC)CCCCC1. The molecule has 1 N–H and O–H groups in total. The van der Waals surface area contributed by atoms with Gasteiger partial charge in [-0.3, -0.25) is 0 Å². The van der Waals surface area contributed by atoms with Gasteiger partial charge in [0.05, 0.1) is 5.60 Å². The first-order chi connectivity index (χ1) is 8.30. The monoisotopic (exact) mass is 239 g/mol. The maximum absolute atomic E-state index is 6.25. The third-order valence-electron chi connectivity index (χ3n) is 4.48. The highest BCUT2D eigenvalue weighted by Gasteiger charge is 2.42. The molecule has 0 radical (unpaired) electrons. The van der Waals surface area contributed by atoms with Crippen molar-refractivity contribution in [3.63, 3.8) is 0 Å². The summed E-state index contributed by atoms with van der Waals surface area (Å²) in [7, 11) is 0. The molecule has 0 aliphatic heterocycles. The number of ether oxygens (including phenoxy) is 1. The molecule has 2 aliphatic rings. The van der Waals surface area contributed by atoms with Crippen LogP contribution in [0.25, 0.3) is 0 Å². The van der Waals surface area contributed by atoms with Crippen LogP contribution in [-0.2, 0) is 4.74 Å². The van der Waals surface area contributed by atoms with Crippen LogP contribution in [0, 0.1) is 5.92 Å². The van der Waals surface area contributed by atoms with Crippen LogP contribution in [0.4, 0.5) is 0 Å². The first kappa shape index (κ1) is 13.4. The topological polar surface area (TPSA) is 21.3 Å². The molecule has 1 unspecified atom stereocenters. The second-order valence-electron chi connectivity index (χ2n) is 5.85. The average molecular weight is 239 g/mol. The van der Waals surface area contributed by atoms with Crippen LogP contribution in [0.5, 0.6) is 0 Å². The van der Waals surface area contributed by atoms with Crippen LogP contribution in [0.2, 0.25) is 0 Å². The van der Waals surface area contributed by atoms with E-state index in [1.54, 1.807) is 0 Å². The first-order valence-corrected chi connectivity index (χ1v) is 7.68. The Bertz CT molecular complexity index is 213. The van der Waals surface area contributed by atoms with E-state index in [2.05, 4.69) is 19.2 Å². The second kappa shape index (κ2) is 6.19. The molecule has 0 saturated heterocycles. The fourth-order valence-corrected chi connectivity index (χ4v) is 3.45. The van der Waals surface area contributed by atoms with E-state index in [-0.39, 0.29) is 5.60 Å². The van der Waals surface area contributed by atoms with Crippen molar-refractivity contribution in [2.45, 2.75) is 76.9 Å². The number of nitrogens with one attached hydrogen (secondary N) is 1. The second-order valence-corrected chi connectivity index (χ2v) is 5.85. The lowest BCUT2D eigenvalue weighted by molar-refractivity contribution is -0.0922. The van der Waals surface area contributed by atoms with Gasteiger partial charge < -0.3 is 10.1 Å². The molecule has 100 valence electrons. The van der Waals surface area contributed by atoms with Gasteiger partial charge in [0.1, 0.15) is 0 Å². The van der Waals surface area contributed by atoms with Gasteiger partial charge in [0.2, 0.25) is 0 Å². The van der Waals surface area contributed by atoms with Crippen molar-refractivity contribution in [2.24, 2.45) is 5.92 Å². The molecule has 0 bridgehead atoms. The Balaban J connectivity index is 2.02. The van der Waals surface area contributed by atoms with E-state index in [0.29, 0.717) is 6.04 Å². The zero-order chi connectivity index (χ0) is 12.1. The van der Waals surface area contributed by atoms with Crippen molar-refractivity contribution in [2.75, 3.05) is 13.2 Å². The molecule has 2 heteroatoms. The number of hydrogen-bond donors (Lipinski definition) is 1. The van der Waals surface area contributed by atoms with Crippen molar-refractivity contribution in [1.82, 2.24) is 5.32 Å². The summed E-state index contributed by atoms with van der Waals surface area (Å²) in [6, 6.07) is 0.597. The van der Waals surface area contributed by atoms with Gasteiger partial charge in [-0.25, -0.2) is 0 Å². The largest absolute Gasteiger partial charge is 0.374 e. The van der Waals surface area contributed by atoms with E-state index in [9.17, 15) is 0 Å². The summed E-state index contributed by atoms with van der Waals surface area (Å²) in [6.45, 7) is 6.32. The summed E-state index contributed by atoms with van der Waals surface area (Å²) in [5, 5.41) is 3.72. The fourth-order valence-electron chi connectivity index (χ4n) is 3.45. The van der Waals surface area contributed by atoms with Crippen molar-refractivity contribution < 1.29 is 4.74 Å². The summed E-state index contributed by atoms with van der Waals surface area (Å²) >= 11 is 0. The summed E-state index contributed by atoms with van der Waals surface area (Å²) in [5.74, 6) is 0.985. The average Bonchev–Trinajstić information content (AvgIpc) is 3.14. The maximum Gasteiger partial charge on any atom is 0.0834 e. The molecule has 0 heterocycles. The summed E-state index contributed by atoms with van der Waals surface area (Å²) < 4.78 is 6.25. The number of hydrogen-bond acceptors (Lipinski definition) is 2. The minimum atomic E-state index is 0.158. The Kier molecular flexibility index (Phi) is 4.87. The highest BCUT2D eigenvalue weighted by Crippen LogP contribution is 2.41. The Labute approximate surface area is 107 Å². The van der Waals surface area contributed by atoms with Crippen LogP contribution in [0.3, 0.4) is 0 Å². The third-order valence-corrected chi connectivity index (χ3v) is 4.48. The van der Waals surface area contributed by atoms with Crippen LogP contribution in [0.1, 0.15) is 65.2 Å². The molecule has 0 amide bonds. The highest BCUT2D eigenvalue weighted by atomic mass is 16.5. The van der Waals surface area contributed by atoms with Gasteiger partial charge in [-0.15, -0.1) is 0 Å². The molecule has 1 atom stereocenters. The van der Waals surface area contributed by atoms with Crippen molar-refractivity contribution >= 4 is 0 Å². The van der Waals surface area contributed by atoms with Crippen molar-refractivity contribution in [1.29, 1.82) is 0 Å². The van der Waals surface area contributed by atoms with Gasteiger partial charge >= 0.3 is 0 Å². The minimum Gasteiger partial charge on any atom is -0.374 e. The Hall–Kier alpha value is -0.0800. The van der Waals surface area contributed by atoms with Crippen molar-refractivity contribution in [3.05, 3.63) is 0 Å². The number of rotatable bonds is 7. The summed E-state index contributed by atoms with van der Waals surface area (Å²) in [4.78, 5) is 0. The smallest absolute Gasteiger partial charge is 0.0834 e. The quantitative estimate of drug-likeness (QED) is 0.734. The first-order valence-electron chi connectivity index (χ1n) is 7.68. The molecule has 0 spiro atoms. The van der Waals surface area contributed by atoms with E-state index < -0.39 is 0 Å². The Morgan fingerprint density at radius 2 is 1.88 bits per heavy atom. The van der Waals surface area contributed by atoms with E-state index in [1.807, 2.05) is 0 Å². The van der Waals surface area contributed by atoms with Crippen molar-refractivity contribution in [3.8, 4) is 0 Å². The fraction of sp³-hybridized carbons (Fsp3) is 1.00. The Morgan fingerprint density at radius 1 is 1.18 bits per heavy atom. The molecular weight excluding hydrogens is 210 g/mol. The predicted molar refractivity (Wildman–Crippen MR) is 72.2 cm³/mol. The molecular formula is C15H29NO. The molecule has 0 aromatic carbocycles. The van der Waals surface area contributed by atoms with Crippen LogP contribution in [0.15, 0.2) is 0 Å². The molecule has 17 heavy (non-hydrogen) atoms. The Morgan fingerprint density at radius 3 is 2.41 bits per heavy atom. The van der Waals surface area contributed by atoms with E-state index in [1.165, 1.54) is 51.4 Å². The molecule has 0 aromatic rings. The summed E-state index contributed by atoms with van der Waals surface area (Å²) in [6.07, 6.45) is 10.9. The molecule has 2 rings (SSSR count). The molecule has 2 aliphatic carbocycles. The third kappa shape index (κ3) is 3.45. The van der Waals surface area contributed by atoms with Gasteiger partial charge in [-0.2, -0.15) is 0 Å². The lowest BCUT2D eigenvalue weighted by Gasteiger charge is -2.44. The van der Waals surface area contributed by atoms with Gasteiger partial charge in [-0.1, -0.05) is 39.0 Å². The number of likely N-dealkylation sites (N-methyl/N-ethyl adjacent to an activating group) is 1.